The van der Waals surface area contributed by atoms with Crippen molar-refractivity contribution in [1.29, 1.82) is 0 Å². The Labute approximate surface area is 116 Å². The van der Waals surface area contributed by atoms with Crippen LogP contribution in [0.25, 0.3) is 11.0 Å². The first kappa shape index (κ1) is 14.1. The van der Waals surface area contributed by atoms with Crippen LogP contribution in [0.5, 0.6) is 0 Å². The van der Waals surface area contributed by atoms with Crippen LogP contribution in [0.2, 0.25) is 0 Å². The van der Waals surface area contributed by atoms with E-state index in [1.807, 2.05) is 20.2 Å². The Kier molecular flexibility index (Phi) is 4.97. The third-order valence-corrected chi connectivity index (χ3v) is 3.71. The summed E-state index contributed by atoms with van der Waals surface area (Å²) in [4.78, 5) is 4.50. The first-order valence-corrected chi connectivity index (χ1v) is 7.54. The highest BCUT2D eigenvalue weighted by Crippen LogP contribution is 2.23. The molecule has 3 rings (SSSR count). The topological polar surface area (TPSA) is 29.9 Å². The highest BCUT2D eigenvalue weighted by atomic mass is 15.1. The third-order valence-electron chi connectivity index (χ3n) is 3.71. The van der Waals surface area contributed by atoms with Gasteiger partial charge in [-0.15, -0.1) is 0 Å². The number of nitrogens with one attached hydrogen (secondary N) is 1. The predicted octanol–water partition coefficient (Wildman–Crippen LogP) is 3.55. The minimum absolute atomic E-state index is 0.570. The van der Waals surface area contributed by atoms with E-state index in [1.54, 1.807) is 0 Å². The fourth-order valence-electron chi connectivity index (χ4n) is 2.65. The molecule has 0 spiro atoms. The number of piperidine rings is 1. The summed E-state index contributed by atoms with van der Waals surface area (Å²) >= 11 is 0. The molecule has 1 aromatic carbocycles. The zero-order valence-electron chi connectivity index (χ0n) is 12.3. The average molecular weight is 259 g/mol. The molecule has 1 aliphatic rings. The minimum Gasteiger partial charge on any atom is -0.326 e. The molecule has 1 saturated heterocycles. The van der Waals surface area contributed by atoms with E-state index in [1.165, 1.54) is 23.9 Å². The molecule has 19 heavy (non-hydrogen) atoms. The lowest BCUT2D eigenvalue weighted by Crippen LogP contribution is -2.31. The minimum atomic E-state index is 0.570. The van der Waals surface area contributed by atoms with Crippen LogP contribution in [-0.2, 0) is 6.42 Å². The maximum absolute atomic E-state index is 4.50. The van der Waals surface area contributed by atoms with E-state index >= 15 is 0 Å². The summed E-state index contributed by atoms with van der Waals surface area (Å²) in [5.41, 5.74) is 3.80. The summed E-state index contributed by atoms with van der Waals surface area (Å²) in [6.45, 7) is 8.43. The zero-order valence-corrected chi connectivity index (χ0v) is 12.3. The summed E-state index contributed by atoms with van der Waals surface area (Å²) in [7, 11) is 0. The molecule has 1 aliphatic heterocycles. The van der Waals surface area contributed by atoms with Crippen LogP contribution < -0.4 is 5.32 Å². The van der Waals surface area contributed by atoms with Crippen molar-refractivity contribution in [3.63, 3.8) is 0 Å². The lowest BCUT2D eigenvalue weighted by atomic mass is 10.1. The molecule has 2 heterocycles. The molecular weight excluding hydrogens is 234 g/mol. The number of hydrogen-bond acceptors (Lipinski definition) is 2. The monoisotopic (exact) mass is 259 g/mol. The van der Waals surface area contributed by atoms with E-state index in [0.29, 0.717) is 6.04 Å². The third kappa shape index (κ3) is 2.98. The number of aromatic nitrogens is 2. The molecule has 104 valence electrons. The Morgan fingerprint density at radius 1 is 1.37 bits per heavy atom. The molecule has 1 N–H and O–H groups in total. The second-order valence-electron chi connectivity index (χ2n) is 4.83. The average Bonchev–Trinajstić information content (AvgIpc) is 2.93. The van der Waals surface area contributed by atoms with Crippen LogP contribution >= 0.6 is 0 Å². The quantitative estimate of drug-likeness (QED) is 0.894. The molecule has 3 nitrogen and oxygen atoms in total. The first-order chi connectivity index (χ1) is 9.38. The van der Waals surface area contributed by atoms with Gasteiger partial charge in [0.1, 0.15) is 0 Å². The van der Waals surface area contributed by atoms with E-state index in [2.05, 4.69) is 40.0 Å². The van der Waals surface area contributed by atoms with Crippen molar-refractivity contribution in [3.8, 4) is 0 Å². The predicted molar refractivity (Wildman–Crippen MR) is 81.6 cm³/mol. The summed E-state index contributed by atoms with van der Waals surface area (Å²) in [6.07, 6.45) is 5.61. The normalized spacial score (nSPS) is 19.0. The molecule has 1 unspecified atom stereocenters. The van der Waals surface area contributed by atoms with Crippen molar-refractivity contribution in [2.75, 3.05) is 13.1 Å². The Bertz CT molecular complexity index is 510. The Hall–Kier alpha value is -1.35. The number of benzene rings is 1. The second-order valence-corrected chi connectivity index (χ2v) is 4.83. The van der Waals surface area contributed by atoms with Gasteiger partial charge in [-0.3, -0.25) is 0 Å². The van der Waals surface area contributed by atoms with Gasteiger partial charge in [-0.1, -0.05) is 26.8 Å². The Morgan fingerprint density at radius 2 is 2.21 bits per heavy atom. The molecule has 1 aromatic heterocycles. The van der Waals surface area contributed by atoms with Gasteiger partial charge >= 0.3 is 0 Å². The molecule has 1 atom stereocenters. The largest absolute Gasteiger partial charge is 0.326 e. The smallest absolute Gasteiger partial charge is 0.0961 e. The zero-order chi connectivity index (χ0) is 13.7. The van der Waals surface area contributed by atoms with Crippen LogP contribution in [0, 0.1) is 0 Å². The second kappa shape index (κ2) is 6.71. The Morgan fingerprint density at radius 3 is 2.89 bits per heavy atom. The maximum atomic E-state index is 4.50. The van der Waals surface area contributed by atoms with Gasteiger partial charge in [0.05, 0.1) is 17.4 Å². The SMILES string of the molecule is CC.CCc1ccc2ncn(C3CCCNC3)c2c1. The van der Waals surface area contributed by atoms with Gasteiger partial charge in [-0.2, -0.15) is 0 Å². The highest BCUT2D eigenvalue weighted by molar-refractivity contribution is 5.76. The number of nitrogens with zero attached hydrogens (tertiary/aromatic N) is 2. The van der Waals surface area contributed by atoms with Crippen LogP contribution in [0.15, 0.2) is 24.5 Å². The van der Waals surface area contributed by atoms with Gasteiger partial charge in [-0.25, -0.2) is 4.98 Å². The Balaban J connectivity index is 0.000000637. The van der Waals surface area contributed by atoms with E-state index in [4.69, 9.17) is 0 Å². The van der Waals surface area contributed by atoms with Crippen molar-refractivity contribution in [3.05, 3.63) is 30.1 Å². The van der Waals surface area contributed by atoms with Crippen molar-refractivity contribution in [2.24, 2.45) is 0 Å². The van der Waals surface area contributed by atoms with Gasteiger partial charge < -0.3 is 9.88 Å². The molecule has 0 amide bonds. The summed E-state index contributed by atoms with van der Waals surface area (Å²) in [6, 6.07) is 7.18. The fourth-order valence-corrected chi connectivity index (χ4v) is 2.65. The van der Waals surface area contributed by atoms with Crippen molar-refractivity contribution < 1.29 is 0 Å². The molecule has 0 saturated carbocycles. The highest BCUT2D eigenvalue weighted by Gasteiger charge is 2.16. The van der Waals surface area contributed by atoms with Crippen molar-refractivity contribution >= 4 is 11.0 Å². The molecule has 3 heteroatoms. The fraction of sp³-hybridized carbons (Fsp3) is 0.562. The lowest BCUT2D eigenvalue weighted by Gasteiger charge is -2.24. The van der Waals surface area contributed by atoms with E-state index in [9.17, 15) is 0 Å². The van der Waals surface area contributed by atoms with Crippen LogP contribution in [-0.4, -0.2) is 22.6 Å². The van der Waals surface area contributed by atoms with Gasteiger partial charge in [-0.05, 0) is 43.5 Å². The van der Waals surface area contributed by atoms with Gasteiger partial charge in [0.2, 0.25) is 0 Å². The van der Waals surface area contributed by atoms with Crippen molar-refractivity contribution in [2.45, 2.75) is 46.1 Å². The van der Waals surface area contributed by atoms with Gasteiger partial charge in [0.15, 0.2) is 0 Å². The first-order valence-electron chi connectivity index (χ1n) is 7.54. The lowest BCUT2D eigenvalue weighted by molar-refractivity contribution is 0.378. The molecule has 0 aliphatic carbocycles. The van der Waals surface area contributed by atoms with Crippen molar-refractivity contribution in [1.82, 2.24) is 14.9 Å². The summed E-state index contributed by atoms with van der Waals surface area (Å²) in [5, 5.41) is 3.47. The van der Waals surface area contributed by atoms with Crippen LogP contribution in [0.3, 0.4) is 0 Å². The number of imidazole rings is 1. The molecule has 2 aromatic rings. The summed E-state index contributed by atoms with van der Waals surface area (Å²) < 4.78 is 2.35. The number of hydrogen-bond donors (Lipinski definition) is 1. The molecular formula is C16H25N3. The van der Waals surface area contributed by atoms with Gasteiger partial charge in [0.25, 0.3) is 0 Å². The maximum Gasteiger partial charge on any atom is 0.0961 e. The van der Waals surface area contributed by atoms with Crippen LogP contribution in [0.4, 0.5) is 0 Å². The molecule has 0 bridgehead atoms. The van der Waals surface area contributed by atoms with E-state index in [-0.39, 0.29) is 0 Å². The number of fused-ring (bicyclic) bond motifs is 1. The standard InChI is InChI=1S/C14H19N3.C2H6/c1-2-11-5-6-13-14(8-11)17(10-16-13)12-4-3-7-15-9-12;1-2/h5-6,8,10,12,15H,2-4,7,9H2,1H3;1-2H3. The van der Waals surface area contributed by atoms with Crippen LogP contribution in [0.1, 0.15) is 45.2 Å². The van der Waals surface area contributed by atoms with Gasteiger partial charge in [0, 0.05) is 12.6 Å². The van der Waals surface area contributed by atoms with E-state index in [0.717, 1.165) is 25.0 Å². The molecule has 1 fully saturated rings. The number of rotatable bonds is 2. The van der Waals surface area contributed by atoms with E-state index < -0.39 is 0 Å². The molecule has 0 radical (unpaired) electrons. The number of aryl methyl sites for hydroxylation is 1. The summed E-state index contributed by atoms with van der Waals surface area (Å²) in [5.74, 6) is 0.